The molecule has 0 saturated carbocycles. The number of nitrogens with one attached hydrogen (secondary N) is 1. The van der Waals surface area contributed by atoms with Gasteiger partial charge in [0.25, 0.3) is 5.91 Å². The number of carbonyl (C=O) groups excluding carboxylic acids is 2. The first-order valence-corrected chi connectivity index (χ1v) is 6.48. The summed E-state index contributed by atoms with van der Waals surface area (Å²) in [7, 11) is 1.66. The number of carbonyl (C=O) groups is 2. The lowest BCUT2D eigenvalue weighted by atomic mass is 10.1. The molecule has 1 heterocycles. The molecule has 2 rings (SSSR count). The van der Waals surface area contributed by atoms with Crippen LogP contribution in [-0.2, 0) is 4.79 Å². The third-order valence-electron chi connectivity index (χ3n) is 3.26. The van der Waals surface area contributed by atoms with Crippen molar-refractivity contribution >= 4 is 11.8 Å². The van der Waals surface area contributed by atoms with Crippen molar-refractivity contribution in [1.82, 2.24) is 10.2 Å². The van der Waals surface area contributed by atoms with E-state index in [4.69, 9.17) is 5.11 Å². The minimum atomic E-state index is -0.712. The first-order valence-electron chi connectivity index (χ1n) is 6.48. The van der Waals surface area contributed by atoms with Crippen LogP contribution in [0, 0.1) is 17.7 Å². The monoisotopic (exact) mass is 290 g/mol. The molecule has 0 aliphatic carbocycles. The van der Waals surface area contributed by atoms with Gasteiger partial charge < -0.3 is 15.3 Å². The van der Waals surface area contributed by atoms with E-state index in [1.165, 1.54) is 17.0 Å². The number of hydrogen-bond acceptors (Lipinski definition) is 3. The maximum Gasteiger partial charge on any atom is 0.254 e. The van der Waals surface area contributed by atoms with Crippen LogP contribution in [0.25, 0.3) is 0 Å². The molecule has 1 aromatic carbocycles. The van der Waals surface area contributed by atoms with E-state index in [-0.39, 0.29) is 18.1 Å². The first kappa shape index (κ1) is 15.0. The van der Waals surface area contributed by atoms with Crippen molar-refractivity contribution in [3.8, 4) is 11.8 Å². The van der Waals surface area contributed by atoms with Crippen LogP contribution in [0.1, 0.15) is 22.3 Å². The fraction of sp³-hybridized carbons (Fsp3) is 0.333. The Kier molecular flexibility index (Phi) is 4.55. The van der Waals surface area contributed by atoms with Crippen LogP contribution in [0.4, 0.5) is 4.39 Å². The van der Waals surface area contributed by atoms with Gasteiger partial charge in [-0.15, -0.1) is 0 Å². The smallest absolute Gasteiger partial charge is 0.254 e. The molecule has 1 aliphatic heterocycles. The molecular formula is C15H15FN2O3. The molecule has 1 saturated heterocycles. The minimum absolute atomic E-state index is 0.132. The van der Waals surface area contributed by atoms with Crippen molar-refractivity contribution in [1.29, 1.82) is 0 Å². The topological polar surface area (TPSA) is 69.6 Å². The summed E-state index contributed by atoms with van der Waals surface area (Å²) >= 11 is 0. The molecule has 110 valence electrons. The first-order chi connectivity index (χ1) is 10.0. The van der Waals surface area contributed by atoms with Gasteiger partial charge in [-0.1, -0.05) is 11.8 Å². The van der Waals surface area contributed by atoms with E-state index in [1.54, 1.807) is 7.05 Å². The lowest BCUT2D eigenvalue weighted by molar-refractivity contribution is -0.128. The van der Waals surface area contributed by atoms with Crippen molar-refractivity contribution in [3.63, 3.8) is 0 Å². The van der Waals surface area contributed by atoms with E-state index in [2.05, 4.69) is 17.2 Å². The minimum Gasteiger partial charge on any atom is -0.384 e. The summed E-state index contributed by atoms with van der Waals surface area (Å²) in [6.07, 6.45) is 0.517. The van der Waals surface area contributed by atoms with Crippen LogP contribution in [0.5, 0.6) is 0 Å². The highest BCUT2D eigenvalue weighted by Gasteiger charge is 2.30. The predicted molar refractivity (Wildman–Crippen MR) is 73.9 cm³/mol. The molecule has 1 fully saturated rings. The Bertz CT molecular complexity index is 634. The molecule has 1 aromatic rings. The molecule has 1 atom stereocenters. The van der Waals surface area contributed by atoms with E-state index in [1.807, 2.05) is 0 Å². The number of aliphatic hydroxyl groups excluding tert-OH is 1. The van der Waals surface area contributed by atoms with Crippen LogP contribution in [0.2, 0.25) is 0 Å². The molecule has 0 radical (unpaired) electrons. The summed E-state index contributed by atoms with van der Waals surface area (Å²) in [5, 5.41) is 11.1. The van der Waals surface area contributed by atoms with E-state index in [0.29, 0.717) is 18.5 Å². The third kappa shape index (κ3) is 3.38. The van der Waals surface area contributed by atoms with Gasteiger partial charge in [-0.05, 0) is 24.6 Å². The fourth-order valence-electron chi connectivity index (χ4n) is 2.11. The van der Waals surface area contributed by atoms with Gasteiger partial charge >= 0.3 is 0 Å². The van der Waals surface area contributed by atoms with Crippen molar-refractivity contribution in [2.45, 2.75) is 12.5 Å². The number of benzene rings is 1. The molecule has 1 unspecified atom stereocenters. The maximum atomic E-state index is 13.9. The lowest BCUT2D eigenvalue weighted by Crippen LogP contribution is -2.40. The maximum absolute atomic E-state index is 13.9. The van der Waals surface area contributed by atoms with Crippen molar-refractivity contribution in [2.75, 3.05) is 20.2 Å². The van der Waals surface area contributed by atoms with Gasteiger partial charge in [-0.3, -0.25) is 9.59 Å². The van der Waals surface area contributed by atoms with Crippen molar-refractivity contribution in [2.24, 2.45) is 0 Å². The van der Waals surface area contributed by atoms with E-state index < -0.39 is 17.8 Å². The number of amides is 2. The lowest BCUT2D eigenvalue weighted by Gasteiger charge is -2.12. The summed E-state index contributed by atoms with van der Waals surface area (Å²) in [4.78, 5) is 25.2. The molecule has 0 spiro atoms. The zero-order chi connectivity index (χ0) is 15.4. The Balaban J connectivity index is 2.11. The Labute approximate surface area is 121 Å². The van der Waals surface area contributed by atoms with Gasteiger partial charge in [0.2, 0.25) is 5.91 Å². The zero-order valence-corrected chi connectivity index (χ0v) is 11.5. The number of likely N-dealkylation sites (tertiary alicyclic amines) is 1. The SMILES string of the molecule is CN1CCC(NC(=O)c2ccc(C#CCO)cc2F)C1=O. The molecule has 21 heavy (non-hydrogen) atoms. The average molecular weight is 290 g/mol. The molecule has 0 aromatic heterocycles. The Morgan fingerprint density at radius 3 is 2.90 bits per heavy atom. The highest BCUT2D eigenvalue weighted by atomic mass is 19.1. The largest absolute Gasteiger partial charge is 0.384 e. The number of likely N-dealkylation sites (N-methyl/N-ethyl adjacent to an activating group) is 1. The van der Waals surface area contributed by atoms with Crippen LogP contribution < -0.4 is 5.32 Å². The van der Waals surface area contributed by atoms with E-state index >= 15 is 0 Å². The van der Waals surface area contributed by atoms with Crippen molar-refractivity contribution in [3.05, 3.63) is 35.1 Å². The number of aliphatic hydroxyl groups is 1. The Morgan fingerprint density at radius 1 is 1.57 bits per heavy atom. The van der Waals surface area contributed by atoms with Crippen LogP contribution >= 0.6 is 0 Å². The summed E-state index contributed by atoms with van der Waals surface area (Å²) in [5.74, 6) is 3.45. The van der Waals surface area contributed by atoms with Gasteiger partial charge in [0, 0.05) is 19.2 Å². The zero-order valence-electron chi connectivity index (χ0n) is 11.5. The molecule has 2 N–H and O–H groups in total. The number of hydrogen-bond donors (Lipinski definition) is 2. The Hall–Kier alpha value is -2.39. The quantitative estimate of drug-likeness (QED) is 0.761. The second kappa shape index (κ2) is 6.37. The summed E-state index contributed by atoms with van der Waals surface area (Å²) in [6.45, 7) is 0.253. The molecule has 1 aliphatic rings. The summed E-state index contributed by atoms with van der Waals surface area (Å²) in [6, 6.07) is 3.33. The highest BCUT2D eigenvalue weighted by molar-refractivity contribution is 5.98. The number of nitrogens with zero attached hydrogens (tertiary/aromatic N) is 1. The molecule has 6 heteroatoms. The van der Waals surface area contributed by atoms with Gasteiger partial charge in [-0.2, -0.15) is 0 Å². The number of halogens is 1. The predicted octanol–water partition coefficient (Wildman–Crippen LogP) is 0.130. The molecule has 2 amide bonds. The Morgan fingerprint density at radius 2 is 2.33 bits per heavy atom. The van der Waals surface area contributed by atoms with Gasteiger partial charge in [0.15, 0.2) is 0 Å². The molecule has 0 bridgehead atoms. The summed E-state index contributed by atoms with van der Waals surface area (Å²) < 4.78 is 13.9. The van der Waals surface area contributed by atoms with Crippen molar-refractivity contribution < 1.29 is 19.1 Å². The standard InChI is InChI=1S/C15H15FN2O3/c1-18-7-6-13(15(18)21)17-14(20)11-5-4-10(3-2-8-19)9-12(11)16/h4-5,9,13,19H,6-8H2,1H3,(H,17,20). The fourth-order valence-corrected chi connectivity index (χ4v) is 2.11. The van der Waals surface area contributed by atoms with Crippen LogP contribution in [0.3, 0.4) is 0 Å². The van der Waals surface area contributed by atoms with Crippen LogP contribution in [0.15, 0.2) is 18.2 Å². The van der Waals surface area contributed by atoms with E-state index in [0.717, 1.165) is 6.07 Å². The highest BCUT2D eigenvalue weighted by Crippen LogP contribution is 2.13. The van der Waals surface area contributed by atoms with E-state index in [9.17, 15) is 14.0 Å². The summed E-state index contributed by atoms with van der Waals surface area (Å²) in [5.41, 5.74) is 0.238. The second-order valence-electron chi connectivity index (χ2n) is 4.73. The van der Waals surface area contributed by atoms with Gasteiger partial charge in [0.05, 0.1) is 5.56 Å². The molecular weight excluding hydrogens is 275 g/mol. The van der Waals surface area contributed by atoms with Gasteiger partial charge in [-0.25, -0.2) is 4.39 Å². The van der Waals surface area contributed by atoms with Gasteiger partial charge in [0.1, 0.15) is 18.5 Å². The average Bonchev–Trinajstić information content (AvgIpc) is 2.77. The third-order valence-corrected chi connectivity index (χ3v) is 3.26. The molecule has 5 nitrogen and oxygen atoms in total. The second-order valence-corrected chi connectivity index (χ2v) is 4.73. The number of rotatable bonds is 2. The van der Waals surface area contributed by atoms with Crippen LogP contribution in [-0.4, -0.2) is 48.1 Å². The normalized spacial score (nSPS) is 17.4.